The predicted molar refractivity (Wildman–Crippen MR) is 113 cm³/mol. The molecule has 3 rings (SSSR count). The number of piperidine rings is 1. The smallest absolute Gasteiger partial charge is 0.281 e. The number of rotatable bonds is 8. The van der Waals surface area contributed by atoms with E-state index in [1.54, 1.807) is 11.0 Å². The minimum absolute atomic E-state index is 0.0116. The van der Waals surface area contributed by atoms with Crippen molar-refractivity contribution in [2.24, 2.45) is 0 Å². The molecule has 2 saturated heterocycles. The average Bonchev–Trinajstić information content (AvgIpc) is 3.13. The average molecular weight is 442 g/mol. The van der Waals surface area contributed by atoms with Crippen molar-refractivity contribution in [3.05, 3.63) is 18.2 Å². The molecule has 2 fully saturated rings. The number of nitrogens with one attached hydrogen (secondary N) is 1. The van der Waals surface area contributed by atoms with Crippen LogP contribution in [0, 0.1) is 0 Å². The zero-order valence-electron chi connectivity index (χ0n) is 16.6. The Bertz CT molecular complexity index is 853. The van der Waals surface area contributed by atoms with E-state index in [0.717, 1.165) is 25.0 Å². The highest BCUT2D eigenvalue weighted by molar-refractivity contribution is 8.13. The van der Waals surface area contributed by atoms with Gasteiger partial charge in [-0.2, -0.15) is 4.31 Å². The van der Waals surface area contributed by atoms with Gasteiger partial charge in [0.1, 0.15) is 5.75 Å². The molecular formula is C19H27N3O5S2. The number of amides is 2. The molecule has 10 heteroatoms. The van der Waals surface area contributed by atoms with E-state index in [4.69, 9.17) is 4.74 Å². The molecule has 1 aromatic carbocycles. The number of benzene rings is 1. The first-order valence-electron chi connectivity index (χ1n) is 9.90. The van der Waals surface area contributed by atoms with Crippen LogP contribution in [0.25, 0.3) is 0 Å². The third kappa shape index (κ3) is 5.43. The van der Waals surface area contributed by atoms with Crippen LogP contribution in [0.5, 0.6) is 5.75 Å². The molecule has 0 aliphatic carbocycles. The van der Waals surface area contributed by atoms with Crippen LogP contribution in [0.4, 0.5) is 10.5 Å². The van der Waals surface area contributed by atoms with Crippen LogP contribution in [0.15, 0.2) is 23.1 Å². The Labute approximate surface area is 176 Å². The van der Waals surface area contributed by atoms with Gasteiger partial charge in [0.2, 0.25) is 15.9 Å². The Morgan fingerprint density at radius 3 is 2.62 bits per heavy atom. The molecular weight excluding hydrogens is 414 g/mol. The Kier molecular flexibility index (Phi) is 7.42. The van der Waals surface area contributed by atoms with Gasteiger partial charge in [-0.3, -0.25) is 9.59 Å². The summed E-state index contributed by atoms with van der Waals surface area (Å²) >= 11 is 1.25. The highest BCUT2D eigenvalue weighted by atomic mass is 32.2. The molecule has 8 nitrogen and oxygen atoms in total. The quantitative estimate of drug-likeness (QED) is 0.666. The lowest BCUT2D eigenvalue weighted by atomic mass is 10.2. The largest absolute Gasteiger partial charge is 0.492 e. The van der Waals surface area contributed by atoms with E-state index < -0.39 is 10.0 Å². The molecule has 29 heavy (non-hydrogen) atoms. The van der Waals surface area contributed by atoms with Gasteiger partial charge >= 0.3 is 0 Å². The molecule has 1 aromatic rings. The molecule has 0 atom stereocenters. The number of hydrogen-bond donors (Lipinski definition) is 1. The van der Waals surface area contributed by atoms with E-state index in [9.17, 15) is 18.0 Å². The van der Waals surface area contributed by atoms with Crippen LogP contribution < -0.4 is 10.1 Å². The van der Waals surface area contributed by atoms with Crippen molar-refractivity contribution < 1.29 is 22.7 Å². The molecule has 0 bridgehead atoms. The fourth-order valence-electron chi connectivity index (χ4n) is 3.38. The molecule has 0 radical (unpaired) electrons. The van der Waals surface area contributed by atoms with E-state index in [2.05, 4.69) is 5.32 Å². The van der Waals surface area contributed by atoms with Crippen molar-refractivity contribution in [3.8, 4) is 5.75 Å². The maximum absolute atomic E-state index is 13.0. The van der Waals surface area contributed by atoms with Crippen molar-refractivity contribution in [2.45, 2.75) is 37.5 Å². The Hall–Kier alpha value is -1.78. The van der Waals surface area contributed by atoms with Gasteiger partial charge < -0.3 is 15.0 Å². The monoisotopic (exact) mass is 441 g/mol. The van der Waals surface area contributed by atoms with Gasteiger partial charge in [0, 0.05) is 38.4 Å². The Balaban J connectivity index is 1.74. The number of hydrogen-bond acceptors (Lipinski definition) is 6. The van der Waals surface area contributed by atoms with E-state index in [0.29, 0.717) is 44.2 Å². The van der Waals surface area contributed by atoms with Crippen LogP contribution in [-0.4, -0.2) is 67.3 Å². The molecule has 0 unspecified atom stereocenters. The summed E-state index contributed by atoms with van der Waals surface area (Å²) in [5.41, 5.74) is 0.331. The van der Waals surface area contributed by atoms with Crippen LogP contribution in [0.1, 0.15) is 32.6 Å². The van der Waals surface area contributed by atoms with E-state index in [1.807, 2.05) is 6.92 Å². The molecule has 1 N–H and O–H groups in total. The number of thioether (sulfide) groups is 1. The number of carbonyl (C=O) groups excluding carboxylic acids is 2. The highest BCUT2D eigenvalue weighted by Gasteiger charge is 2.27. The van der Waals surface area contributed by atoms with Crippen molar-refractivity contribution in [1.82, 2.24) is 9.21 Å². The van der Waals surface area contributed by atoms with Crippen LogP contribution in [-0.2, 0) is 14.8 Å². The zero-order chi connectivity index (χ0) is 20.9. The Morgan fingerprint density at radius 1 is 1.21 bits per heavy atom. The zero-order valence-corrected chi connectivity index (χ0v) is 18.2. The molecule has 2 amide bonds. The van der Waals surface area contributed by atoms with Crippen molar-refractivity contribution >= 4 is 38.6 Å². The first-order valence-corrected chi connectivity index (χ1v) is 12.3. The number of nitrogens with zero attached hydrogens (tertiary/aromatic N) is 2. The fraction of sp³-hybridized carbons (Fsp3) is 0.579. The van der Waals surface area contributed by atoms with Crippen LogP contribution in [0.2, 0.25) is 0 Å². The van der Waals surface area contributed by atoms with Gasteiger partial charge in [-0.1, -0.05) is 18.2 Å². The van der Waals surface area contributed by atoms with Crippen molar-refractivity contribution in [2.75, 3.05) is 43.9 Å². The summed E-state index contributed by atoms with van der Waals surface area (Å²) in [6.07, 6.45) is 2.89. The molecule has 2 aliphatic rings. The van der Waals surface area contributed by atoms with Crippen LogP contribution in [0.3, 0.4) is 0 Å². The number of ether oxygens (including phenoxy) is 1. The minimum atomic E-state index is -3.61. The topological polar surface area (TPSA) is 96.0 Å². The van der Waals surface area contributed by atoms with Crippen LogP contribution >= 0.6 is 11.8 Å². The summed E-state index contributed by atoms with van der Waals surface area (Å²) in [5.74, 6) is 0.875. The maximum Gasteiger partial charge on any atom is 0.281 e. The SMILES string of the molecule is CCOc1ccc(S(=O)(=O)N2CCCCC2)cc1NC(=O)CCN1CCSC1=O. The third-order valence-corrected chi connectivity index (χ3v) is 7.72. The first kappa shape index (κ1) is 21.9. The number of carbonyl (C=O) groups is 2. The lowest BCUT2D eigenvalue weighted by molar-refractivity contribution is -0.116. The summed E-state index contributed by atoms with van der Waals surface area (Å²) < 4.78 is 33.0. The summed E-state index contributed by atoms with van der Waals surface area (Å²) in [6, 6.07) is 4.56. The van der Waals surface area contributed by atoms with E-state index >= 15 is 0 Å². The van der Waals surface area contributed by atoms with Crippen molar-refractivity contribution in [1.29, 1.82) is 0 Å². The first-order chi connectivity index (χ1) is 13.9. The summed E-state index contributed by atoms with van der Waals surface area (Å²) in [5, 5.41) is 2.75. The predicted octanol–water partition coefficient (Wildman–Crippen LogP) is 2.76. The summed E-state index contributed by atoms with van der Waals surface area (Å²) in [4.78, 5) is 25.9. The molecule has 0 saturated carbocycles. The van der Waals surface area contributed by atoms with Gasteiger partial charge in [0.05, 0.1) is 17.2 Å². The molecule has 160 valence electrons. The normalized spacial score (nSPS) is 18.1. The number of anilines is 1. The van der Waals surface area contributed by atoms with E-state index in [-0.39, 0.29) is 22.5 Å². The molecule has 2 aliphatic heterocycles. The summed E-state index contributed by atoms with van der Waals surface area (Å²) in [7, 11) is -3.61. The highest BCUT2D eigenvalue weighted by Crippen LogP contribution is 2.30. The second kappa shape index (κ2) is 9.82. The molecule has 0 spiro atoms. The fourth-order valence-corrected chi connectivity index (χ4v) is 5.78. The lowest BCUT2D eigenvalue weighted by Gasteiger charge is -2.26. The standard InChI is InChI=1S/C19H27N3O5S2/c1-2-27-17-7-6-15(29(25,26)22-9-4-3-5-10-22)14-16(17)20-18(23)8-11-21-12-13-28-19(21)24/h6-7,14H,2-5,8-13H2,1H3,(H,20,23). The second-order valence-electron chi connectivity index (χ2n) is 6.96. The third-order valence-electron chi connectivity index (χ3n) is 4.93. The van der Waals surface area contributed by atoms with Gasteiger partial charge in [-0.15, -0.1) is 0 Å². The molecule has 0 aromatic heterocycles. The number of sulfonamides is 1. The Morgan fingerprint density at radius 2 is 1.97 bits per heavy atom. The van der Waals surface area contributed by atoms with Gasteiger partial charge in [-0.25, -0.2) is 8.42 Å². The van der Waals surface area contributed by atoms with Crippen molar-refractivity contribution in [3.63, 3.8) is 0 Å². The summed E-state index contributed by atoms with van der Waals surface area (Å²) in [6.45, 7) is 4.22. The van der Waals surface area contributed by atoms with Gasteiger partial charge in [0.15, 0.2) is 0 Å². The van der Waals surface area contributed by atoms with Gasteiger partial charge in [-0.05, 0) is 38.0 Å². The van der Waals surface area contributed by atoms with Gasteiger partial charge in [0.25, 0.3) is 5.24 Å². The minimum Gasteiger partial charge on any atom is -0.492 e. The maximum atomic E-state index is 13.0. The lowest BCUT2D eigenvalue weighted by Crippen LogP contribution is -2.35. The van der Waals surface area contributed by atoms with E-state index in [1.165, 1.54) is 28.2 Å². The molecule has 2 heterocycles. The second-order valence-corrected chi connectivity index (χ2v) is 9.94.